The van der Waals surface area contributed by atoms with Crippen molar-refractivity contribution in [3.05, 3.63) is 22.4 Å². The maximum Gasteiger partial charge on any atom is 0.262 e. The van der Waals surface area contributed by atoms with Crippen molar-refractivity contribution in [3.8, 4) is 0 Å². The van der Waals surface area contributed by atoms with E-state index in [1.807, 2.05) is 30.2 Å². The Hall–Kier alpha value is -1.44. The first kappa shape index (κ1) is 18.4. The average Bonchev–Trinajstić information content (AvgIpc) is 3.31. The smallest absolute Gasteiger partial charge is 0.262 e. The molecule has 0 bridgehead atoms. The molecule has 3 heterocycles. The van der Waals surface area contributed by atoms with E-state index in [1.165, 1.54) is 11.3 Å². The summed E-state index contributed by atoms with van der Waals surface area (Å²) < 4.78 is 0. The molecule has 1 aromatic heterocycles. The normalized spacial score (nSPS) is 23.0. The minimum atomic E-state index is -0.462. The number of thiophene rings is 1. The number of rotatable bonds is 5. The van der Waals surface area contributed by atoms with Crippen LogP contribution in [0.1, 0.15) is 29.9 Å². The SMILES string of the molecule is CC(C)C(NC(=O)c1cccs1)C(=O)N1CCC(N2CCNCC2)C1. The Morgan fingerprint density at radius 2 is 2.04 bits per heavy atom. The van der Waals surface area contributed by atoms with Gasteiger partial charge in [0.1, 0.15) is 6.04 Å². The molecule has 0 saturated carbocycles. The summed E-state index contributed by atoms with van der Waals surface area (Å²) in [6.45, 7) is 9.68. The Morgan fingerprint density at radius 3 is 2.68 bits per heavy atom. The van der Waals surface area contributed by atoms with Gasteiger partial charge in [0, 0.05) is 45.3 Å². The first-order chi connectivity index (χ1) is 12.1. The maximum atomic E-state index is 13.0. The van der Waals surface area contributed by atoms with Gasteiger partial charge in [0.05, 0.1) is 4.88 Å². The quantitative estimate of drug-likeness (QED) is 0.818. The highest BCUT2D eigenvalue weighted by Gasteiger charge is 2.35. The van der Waals surface area contributed by atoms with Crippen LogP contribution in [-0.4, -0.2) is 73.0 Å². The zero-order valence-corrected chi connectivity index (χ0v) is 15.8. The van der Waals surface area contributed by atoms with Crippen LogP contribution in [0.25, 0.3) is 0 Å². The van der Waals surface area contributed by atoms with Gasteiger partial charge in [-0.05, 0) is 23.8 Å². The third kappa shape index (κ3) is 4.40. The van der Waals surface area contributed by atoms with Crippen molar-refractivity contribution in [2.75, 3.05) is 39.3 Å². The molecule has 3 rings (SSSR count). The number of nitrogens with zero attached hydrogens (tertiary/aromatic N) is 2. The van der Waals surface area contributed by atoms with Crippen molar-refractivity contribution >= 4 is 23.2 Å². The van der Waals surface area contributed by atoms with E-state index in [0.29, 0.717) is 10.9 Å². The molecule has 2 aliphatic rings. The van der Waals surface area contributed by atoms with Crippen LogP contribution >= 0.6 is 11.3 Å². The second kappa shape index (κ2) is 8.29. The van der Waals surface area contributed by atoms with Crippen molar-refractivity contribution in [1.82, 2.24) is 20.4 Å². The van der Waals surface area contributed by atoms with Crippen LogP contribution in [0.15, 0.2) is 17.5 Å². The third-order valence-corrected chi connectivity index (χ3v) is 5.98. The number of carbonyl (C=O) groups excluding carboxylic acids is 2. The van der Waals surface area contributed by atoms with E-state index in [0.717, 1.165) is 45.7 Å². The molecule has 0 spiro atoms. The Labute approximate surface area is 153 Å². The van der Waals surface area contributed by atoms with Gasteiger partial charge in [-0.25, -0.2) is 0 Å². The highest BCUT2D eigenvalue weighted by molar-refractivity contribution is 7.12. The highest BCUT2D eigenvalue weighted by Crippen LogP contribution is 2.19. The Balaban J connectivity index is 1.60. The molecule has 7 heteroatoms. The van der Waals surface area contributed by atoms with Crippen LogP contribution in [0, 0.1) is 5.92 Å². The third-order valence-electron chi connectivity index (χ3n) is 5.11. The number of hydrogen-bond acceptors (Lipinski definition) is 5. The first-order valence-electron chi connectivity index (χ1n) is 9.14. The van der Waals surface area contributed by atoms with Crippen LogP contribution in [0.3, 0.4) is 0 Å². The fourth-order valence-corrected chi connectivity index (χ4v) is 4.24. The molecule has 25 heavy (non-hydrogen) atoms. The molecule has 138 valence electrons. The second-order valence-electron chi connectivity index (χ2n) is 7.19. The summed E-state index contributed by atoms with van der Waals surface area (Å²) in [7, 11) is 0. The number of hydrogen-bond donors (Lipinski definition) is 2. The lowest BCUT2D eigenvalue weighted by Crippen LogP contribution is -2.52. The van der Waals surface area contributed by atoms with Crippen molar-refractivity contribution < 1.29 is 9.59 Å². The monoisotopic (exact) mass is 364 g/mol. The predicted octanol–water partition coefficient (Wildman–Crippen LogP) is 1.01. The largest absolute Gasteiger partial charge is 0.339 e. The minimum Gasteiger partial charge on any atom is -0.339 e. The van der Waals surface area contributed by atoms with Crippen molar-refractivity contribution in [2.45, 2.75) is 32.4 Å². The Kier molecular flexibility index (Phi) is 6.09. The second-order valence-corrected chi connectivity index (χ2v) is 8.13. The lowest BCUT2D eigenvalue weighted by Gasteiger charge is -2.33. The Morgan fingerprint density at radius 1 is 1.28 bits per heavy atom. The summed E-state index contributed by atoms with van der Waals surface area (Å²) in [5.41, 5.74) is 0. The van der Waals surface area contributed by atoms with Gasteiger partial charge in [0.15, 0.2) is 0 Å². The van der Waals surface area contributed by atoms with Gasteiger partial charge >= 0.3 is 0 Å². The molecule has 0 radical (unpaired) electrons. The van der Waals surface area contributed by atoms with Crippen molar-refractivity contribution in [2.24, 2.45) is 5.92 Å². The molecule has 0 aromatic carbocycles. The summed E-state index contributed by atoms with van der Waals surface area (Å²) in [4.78, 5) is 30.4. The van der Waals surface area contributed by atoms with E-state index in [2.05, 4.69) is 15.5 Å². The van der Waals surface area contributed by atoms with Gasteiger partial charge in [-0.1, -0.05) is 19.9 Å². The van der Waals surface area contributed by atoms with E-state index in [1.54, 1.807) is 6.07 Å². The van der Waals surface area contributed by atoms with Crippen LogP contribution in [0.2, 0.25) is 0 Å². The Bertz CT molecular complexity index is 584. The number of likely N-dealkylation sites (tertiary alicyclic amines) is 1. The zero-order valence-electron chi connectivity index (χ0n) is 15.0. The lowest BCUT2D eigenvalue weighted by molar-refractivity contribution is -0.133. The molecule has 1 aromatic rings. The standard InChI is InChI=1S/C18H28N4O2S/c1-13(2)16(20-17(23)15-4-3-11-25-15)18(24)22-8-5-14(12-22)21-9-6-19-7-10-21/h3-4,11,13-14,16,19H,5-10,12H2,1-2H3,(H,20,23). The van der Waals surface area contributed by atoms with Gasteiger partial charge < -0.3 is 15.5 Å². The van der Waals surface area contributed by atoms with E-state index < -0.39 is 6.04 Å². The molecule has 2 atom stereocenters. The van der Waals surface area contributed by atoms with Gasteiger partial charge in [-0.15, -0.1) is 11.3 Å². The van der Waals surface area contributed by atoms with E-state index in [9.17, 15) is 9.59 Å². The van der Waals surface area contributed by atoms with E-state index in [-0.39, 0.29) is 17.7 Å². The summed E-state index contributed by atoms with van der Waals surface area (Å²) in [5, 5.41) is 8.19. The molecule has 2 amide bonds. The van der Waals surface area contributed by atoms with Gasteiger partial charge in [-0.2, -0.15) is 0 Å². The lowest BCUT2D eigenvalue weighted by atomic mass is 10.0. The van der Waals surface area contributed by atoms with Gasteiger partial charge in [-0.3, -0.25) is 14.5 Å². The molecule has 6 nitrogen and oxygen atoms in total. The summed E-state index contributed by atoms with van der Waals surface area (Å²) in [6.07, 6.45) is 1.02. The molecular weight excluding hydrogens is 336 g/mol. The molecule has 2 unspecified atom stereocenters. The first-order valence-corrected chi connectivity index (χ1v) is 10.0. The topological polar surface area (TPSA) is 64.7 Å². The predicted molar refractivity (Wildman–Crippen MR) is 99.8 cm³/mol. The number of carbonyl (C=O) groups is 2. The van der Waals surface area contributed by atoms with Gasteiger partial charge in [0.2, 0.25) is 5.91 Å². The molecule has 2 fully saturated rings. The molecular formula is C18H28N4O2S. The van der Waals surface area contributed by atoms with Crippen LogP contribution < -0.4 is 10.6 Å². The summed E-state index contributed by atoms with van der Waals surface area (Å²) >= 11 is 1.40. The van der Waals surface area contributed by atoms with Crippen LogP contribution in [0.4, 0.5) is 0 Å². The molecule has 2 aliphatic heterocycles. The highest BCUT2D eigenvalue weighted by atomic mass is 32.1. The van der Waals surface area contributed by atoms with Crippen molar-refractivity contribution in [1.29, 1.82) is 0 Å². The van der Waals surface area contributed by atoms with E-state index >= 15 is 0 Å². The molecule has 2 saturated heterocycles. The molecule has 0 aliphatic carbocycles. The van der Waals surface area contributed by atoms with Gasteiger partial charge in [0.25, 0.3) is 5.91 Å². The van der Waals surface area contributed by atoms with Crippen LogP contribution in [-0.2, 0) is 4.79 Å². The maximum absolute atomic E-state index is 13.0. The average molecular weight is 365 g/mol. The fraction of sp³-hybridized carbons (Fsp3) is 0.667. The number of amides is 2. The number of piperazine rings is 1. The minimum absolute atomic E-state index is 0.0533. The summed E-state index contributed by atoms with van der Waals surface area (Å²) in [6, 6.07) is 3.63. The fourth-order valence-electron chi connectivity index (χ4n) is 3.62. The van der Waals surface area contributed by atoms with Crippen LogP contribution in [0.5, 0.6) is 0 Å². The molecule has 2 N–H and O–H groups in total. The van der Waals surface area contributed by atoms with Crippen molar-refractivity contribution in [3.63, 3.8) is 0 Å². The zero-order chi connectivity index (χ0) is 17.8. The summed E-state index contributed by atoms with van der Waals surface area (Å²) in [5.74, 6) is -0.0351. The number of nitrogens with one attached hydrogen (secondary N) is 2. The van der Waals surface area contributed by atoms with E-state index in [4.69, 9.17) is 0 Å².